The highest BCUT2D eigenvalue weighted by Crippen LogP contribution is 2.50. The summed E-state index contributed by atoms with van der Waals surface area (Å²) in [6, 6.07) is 10.3. The van der Waals surface area contributed by atoms with Gasteiger partial charge in [-0.15, -0.1) is 0 Å². The molecule has 1 aromatic carbocycles. The molecule has 1 aliphatic heterocycles. The van der Waals surface area contributed by atoms with Gasteiger partial charge in [0.25, 0.3) is 0 Å². The molecule has 1 heterocycles. The van der Waals surface area contributed by atoms with Gasteiger partial charge in [-0.1, -0.05) is 36.8 Å². The first kappa shape index (κ1) is 9.88. The Morgan fingerprint density at radius 1 is 1.19 bits per heavy atom. The van der Waals surface area contributed by atoms with Gasteiger partial charge in [0.15, 0.2) is 0 Å². The number of hydrogen-bond donors (Lipinski definition) is 0. The monoisotopic (exact) mass is 216 g/mol. The van der Waals surface area contributed by atoms with Crippen LogP contribution in [0.3, 0.4) is 0 Å². The van der Waals surface area contributed by atoms with Crippen LogP contribution in [0.4, 0.5) is 0 Å². The highest BCUT2D eigenvalue weighted by molar-refractivity contribution is 5.73. The van der Waals surface area contributed by atoms with E-state index in [2.05, 4.69) is 12.1 Å². The van der Waals surface area contributed by atoms with Gasteiger partial charge >= 0.3 is 5.97 Å². The summed E-state index contributed by atoms with van der Waals surface area (Å²) in [6.07, 6.45) is 5.12. The molecule has 3 rings (SSSR count). The number of hydrogen-bond acceptors (Lipinski definition) is 2. The Bertz CT molecular complexity index is 398. The number of carbonyl (C=O) groups is 1. The van der Waals surface area contributed by atoms with Crippen LogP contribution in [0.15, 0.2) is 30.3 Å². The Morgan fingerprint density at radius 2 is 2.00 bits per heavy atom. The van der Waals surface area contributed by atoms with Crippen molar-refractivity contribution < 1.29 is 9.53 Å². The smallest absolute Gasteiger partial charge is 0.307 e. The van der Waals surface area contributed by atoms with Gasteiger partial charge in [0.1, 0.15) is 5.60 Å². The highest BCUT2D eigenvalue weighted by Gasteiger charge is 2.51. The van der Waals surface area contributed by atoms with Crippen molar-refractivity contribution in [3.8, 4) is 0 Å². The van der Waals surface area contributed by atoms with E-state index < -0.39 is 0 Å². The maximum absolute atomic E-state index is 11.6. The first-order chi connectivity index (χ1) is 7.81. The Hall–Kier alpha value is -1.31. The molecule has 0 radical (unpaired) electrons. The first-order valence-electron chi connectivity index (χ1n) is 6.09. The molecule has 0 amide bonds. The summed E-state index contributed by atoms with van der Waals surface area (Å²) in [4.78, 5) is 11.6. The van der Waals surface area contributed by atoms with Crippen LogP contribution in [-0.4, -0.2) is 5.97 Å². The molecule has 0 spiro atoms. The molecule has 0 unspecified atom stereocenters. The summed E-state index contributed by atoms with van der Waals surface area (Å²) >= 11 is 0. The predicted molar refractivity (Wildman–Crippen MR) is 60.8 cm³/mol. The predicted octanol–water partition coefficient (Wildman–Crippen LogP) is 3.02. The molecule has 0 aromatic heterocycles. The molecular weight excluding hydrogens is 200 g/mol. The van der Waals surface area contributed by atoms with Crippen LogP contribution in [-0.2, 0) is 15.1 Å². The zero-order valence-corrected chi connectivity index (χ0v) is 9.32. The van der Waals surface area contributed by atoms with E-state index in [-0.39, 0.29) is 11.6 Å². The van der Waals surface area contributed by atoms with E-state index in [1.807, 2.05) is 18.2 Å². The molecule has 1 saturated heterocycles. The quantitative estimate of drug-likeness (QED) is 0.674. The van der Waals surface area contributed by atoms with Crippen molar-refractivity contribution in [3.05, 3.63) is 35.9 Å². The third-order valence-corrected chi connectivity index (χ3v) is 3.98. The summed E-state index contributed by atoms with van der Waals surface area (Å²) in [5.41, 5.74) is 0.891. The molecule has 84 valence electrons. The van der Waals surface area contributed by atoms with Gasteiger partial charge in [-0.2, -0.15) is 0 Å². The Labute approximate surface area is 95.6 Å². The van der Waals surface area contributed by atoms with Gasteiger partial charge in [-0.25, -0.2) is 0 Å². The fourth-order valence-corrected chi connectivity index (χ4v) is 3.22. The van der Waals surface area contributed by atoms with Gasteiger partial charge < -0.3 is 4.74 Å². The molecular formula is C14H16O2. The second kappa shape index (κ2) is 3.62. The Balaban J connectivity index is 2.03. The van der Waals surface area contributed by atoms with E-state index in [9.17, 15) is 4.79 Å². The lowest BCUT2D eigenvalue weighted by Crippen LogP contribution is -2.35. The van der Waals surface area contributed by atoms with Crippen LogP contribution in [0, 0.1) is 5.92 Å². The normalized spacial score (nSPS) is 33.2. The topological polar surface area (TPSA) is 26.3 Å². The van der Waals surface area contributed by atoms with Crippen molar-refractivity contribution in [2.75, 3.05) is 0 Å². The van der Waals surface area contributed by atoms with Crippen LogP contribution < -0.4 is 0 Å². The molecule has 0 bridgehead atoms. The zero-order valence-electron chi connectivity index (χ0n) is 9.32. The van der Waals surface area contributed by atoms with Crippen molar-refractivity contribution in [2.45, 2.75) is 37.7 Å². The number of fused-ring (bicyclic) bond motifs is 1. The third-order valence-electron chi connectivity index (χ3n) is 3.98. The molecule has 2 fully saturated rings. The molecule has 2 nitrogen and oxygen atoms in total. The van der Waals surface area contributed by atoms with E-state index in [1.165, 1.54) is 18.4 Å². The lowest BCUT2D eigenvalue weighted by atomic mass is 9.72. The van der Waals surface area contributed by atoms with E-state index in [4.69, 9.17) is 4.74 Å². The van der Waals surface area contributed by atoms with Gasteiger partial charge in [0.05, 0.1) is 6.42 Å². The summed E-state index contributed by atoms with van der Waals surface area (Å²) in [5.74, 6) is 0.381. The van der Waals surface area contributed by atoms with Crippen molar-refractivity contribution in [2.24, 2.45) is 5.92 Å². The van der Waals surface area contributed by atoms with E-state index in [0.29, 0.717) is 12.3 Å². The van der Waals surface area contributed by atoms with Crippen molar-refractivity contribution in [1.82, 2.24) is 0 Å². The van der Waals surface area contributed by atoms with E-state index in [0.717, 1.165) is 12.8 Å². The van der Waals surface area contributed by atoms with Crippen LogP contribution in [0.25, 0.3) is 0 Å². The zero-order chi connectivity index (χ0) is 11.0. The van der Waals surface area contributed by atoms with Crippen molar-refractivity contribution >= 4 is 5.97 Å². The number of ether oxygens (including phenoxy) is 1. The molecule has 1 aromatic rings. The van der Waals surface area contributed by atoms with Crippen LogP contribution in [0.5, 0.6) is 0 Å². The lowest BCUT2D eigenvalue weighted by molar-refractivity contribution is -0.152. The molecule has 1 saturated carbocycles. The van der Waals surface area contributed by atoms with Gasteiger partial charge in [-0.05, 0) is 24.8 Å². The van der Waals surface area contributed by atoms with Crippen molar-refractivity contribution in [1.29, 1.82) is 0 Å². The summed E-state index contributed by atoms with van der Waals surface area (Å²) < 4.78 is 5.70. The highest BCUT2D eigenvalue weighted by atomic mass is 16.6. The minimum Gasteiger partial charge on any atom is -0.454 e. The van der Waals surface area contributed by atoms with Crippen LogP contribution >= 0.6 is 0 Å². The SMILES string of the molecule is O=C1C[C@H]2CCCC[C@@]2(c2ccccc2)O1. The van der Waals surface area contributed by atoms with Gasteiger partial charge in [0, 0.05) is 5.92 Å². The number of rotatable bonds is 1. The third kappa shape index (κ3) is 1.36. The fraction of sp³-hybridized carbons (Fsp3) is 0.500. The number of benzene rings is 1. The number of esters is 1. The lowest BCUT2D eigenvalue weighted by Gasteiger charge is -2.37. The molecule has 2 aliphatic rings. The van der Waals surface area contributed by atoms with Crippen molar-refractivity contribution in [3.63, 3.8) is 0 Å². The van der Waals surface area contributed by atoms with E-state index >= 15 is 0 Å². The minimum atomic E-state index is -0.295. The van der Waals surface area contributed by atoms with Crippen LogP contribution in [0.1, 0.15) is 37.7 Å². The Kier molecular flexibility index (Phi) is 2.23. The summed E-state index contributed by atoms with van der Waals surface area (Å²) in [6.45, 7) is 0. The number of carbonyl (C=O) groups excluding carboxylic acids is 1. The first-order valence-corrected chi connectivity index (χ1v) is 6.09. The average Bonchev–Trinajstić information content (AvgIpc) is 2.67. The Morgan fingerprint density at radius 3 is 2.81 bits per heavy atom. The van der Waals surface area contributed by atoms with Gasteiger partial charge in [-0.3, -0.25) is 4.79 Å². The minimum absolute atomic E-state index is 0.0178. The summed E-state index contributed by atoms with van der Waals surface area (Å²) in [5, 5.41) is 0. The van der Waals surface area contributed by atoms with Crippen LogP contribution in [0.2, 0.25) is 0 Å². The average molecular weight is 216 g/mol. The standard InChI is InChI=1S/C14H16O2/c15-13-10-12-8-4-5-9-14(12,16-13)11-6-2-1-3-7-11/h1-3,6-7,12H,4-5,8-10H2/t12-,14+/m1/s1. The second-order valence-corrected chi connectivity index (χ2v) is 4.88. The molecule has 2 heteroatoms. The fourth-order valence-electron chi connectivity index (χ4n) is 3.22. The van der Waals surface area contributed by atoms with Gasteiger partial charge in [0.2, 0.25) is 0 Å². The second-order valence-electron chi connectivity index (χ2n) is 4.88. The largest absolute Gasteiger partial charge is 0.454 e. The molecule has 1 aliphatic carbocycles. The maximum Gasteiger partial charge on any atom is 0.307 e. The molecule has 2 atom stereocenters. The molecule has 16 heavy (non-hydrogen) atoms. The maximum atomic E-state index is 11.6. The summed E-state index contributed by atoms with van der Waals surface area (Å²) in [7, 11) is 0. The van der Waals surface area contributed by atoms with E-state index in [1.54, 1.807) is 0 Å². The molecule has 0 N–H and O–H groups in total.